The summed E-state index contributed by atoms with van der Waals surface area (Å²) in [5.74, 6) is -0.851. The molecule has 0 bridgehead atoms. The number of carbonyl (C=O) groups is 2. The largest absolute Gasteiger partial charge is 0.467 e. The number of aromatic nitrogens is 12. The smallest absolute Gasteiger partial charge is 0.378 e. The van der Waals surface area contributed by atoms with Crippen LogP contribution in [0, 0.1) is 0 Å². The lowest BCUT2D eigenvalue weighted by molar-refractivity contribution is -0.0228. The van der Waals surface area contributed by atoms with Crippen molar-refractivity contribution in [1.82, 2.24) is 59.4 Å². The number of anilines is 2. The summed E-state index contributed by atoms with van der Waals surface area (Å²) in [6, 6.07) is 11.4. The topological polar surface area (TPSA) is 235 Å². The Morgan fingerprint density at radius 2 is 1.13 bits per heavy atom. The maximum atomic E-state index is 13.5. The Balaban J connectivity index is 0.759. The number of thiazole rings is 2. The van der Waals surface area contributed by atoms with Crippen LogP contribution < -0.4 is 19.9 Å². The molecule has 2 N–H and O–H groups in total. The number of amides is 2. The van der Waals surface area contributed by atoms with Crippen molar-refractivity contribution in [1.29, 1.82) is 0 Å². The Bertz CT molecular complexity index is 2860. The first-order valence-electron chi connectivity index (χ1n) is 21.4. The van der Waals surface area contributed by atoms with Crippen molar-refractivity contribution >= 4 is 53.5 Å². The highest BCUT2D eigenvalue weighted by molar-refractivity contribution is 7.53. The van der Waals surface area contributed by atoms with Crippen LogP contribution in [0.3, 0.4) is 0 Å². The Labute approximate surface area is 390 Å². The lowest BCUT2D eigenvalue weighted by Gasteiger charge is -2.34. The maximum absolute atomic E-state index is 13.5. The van der Waals surface area contributed by atoms with Crippen molar-refractivity contribution in [2.75, 3.05) is 30.5 Å². The van der Waals surface area contributed by atoms with Crippen molar-refractivity contribution < 1.29 is 32.9 Å². The van der Waals surface area contributed by atoms with Gasteiger partial charge in [0.15, 0.2) is 0 Å². The van der Waals surface area contributed by atoms with E-state index < -0.39 is 19.4 Å². The van der Waals surface area contributed by atoms with Crippen molar-refractivity contribution in [3.8, 4) is 43.9 Å². The van der Waals surface area contributed by atoms with Crippen LogP contribution in [0.5, 0.6) is 0 Å². The third kappa shape index (κ3) is 9.67. The Kier molecular flexibility index (Phi) is 12.3. The molecule has 0 aliphatic heterocycles. The zero-order chi connectivity index (χ0) is 46.1. The van der Waals surface area contributed by atoms with Gasteiger partial charge in [-0.25, -0.2) is 14.5 Å². The van der Waals surface area contributed by atoms with Gasteiger partial charge in [0.1, 0.15) is 32.8 Å². The molecule has 0 atom stereocenters. The van der Waals surface area contributed by atoms with Crippen LogP contribution in [0.1, 0.15) is 72.6 Å². The van der Waals surface area contributed by atoms with Gasteiger partial charge in [0.2, 0.25) is 0 Å². The lowest BCUT2D eigenvalue weighted by Crippen LogP contribution is -2.33. The summed E-state index contributed by atoms with van der Waals surface area (Å²) >= 11 is 2.46. The fourth-order valence-corrected chi connectivity index (χ4v) is 9.98. The van der Waals surface area contributed by atoms with Crippen LogP contribution in [-0.2, 0) is 14.0 Å². The van der Waals surface area contributed by atoms with E-state index in [9.17, 15) is 14.2 Å². The standard InChI is InChI=1S/C43H43N14O7PS2/c1-4-61-30-14-28(15-30)54-22-34(38(52-54)32-10-6-8-12-44-32)48-40(58)36-24-66-42(50-36)26-18-46-56(20-26)63-65(3,60)64-57-21-27(19-47-57)43-51-37(25-67-43)41(59)49-35-23-55(29-16-31(17-29)62-5-2)53-39(35)33-11-7-9-13-45-33/h6-13,18-25,28-31H,4-5,14-17H2,1-3H3,(H,48,58)(H,49,59). The monoisotopic (exact) mass is 962 g/mol. The van der Waals surface area contributed by atoms with Crippen molar-refractivity contribution in [3.05, 3.63) is 108 Å². The summed E-state index contributed by atoms with van der Waals surface area (Å²) in [5.41, 5.74) is 4.78. The molecule has 0 spiro atoms. The molecule has 0 saturated heterocycles. The second-order valence-electron chi connectivity index (χ2n) is 15.8. The number of nitrogens with one attached hydrogen (secondary N) is 2. The number of hydrogen-bond donors (Lipinski definition) is 2. The number of ether oxygens (including phenoxy) is 2. The molecule has 67 heavy (non-hydrogen) atoms. The van der Waals surface area contributed by atoms with E-state index >= 15 is 0 Å². The summed E-state index contributed by atoms with van der Waals surface area (Å²) in [6.07, 6.45) is 16.6. The molecule has 21 nitrogen and oxygen atoms in total. The first-order chi connectivity index (χ1) is 32.6. The minimum absolute atomic E-state index is 0.151. The quantitative estimate of drug-likeness (QED) is 0.0809. The van der Waals surface area contributed by atoms with Gasteiger partial charge in [-0.1, -0.05) is 21.8 Å². The predicted molar refractivity (Wildman–Crippen MR) is 248 cm³/mol. The Hall–Kier alpha value is -6.91. The van der Waals surface area contributed by atoms with Crippen LogP contribution in [0.25, 0.3) is 43.9 Å². The number of carbonyl (C=O) groups excluding carboxylic acids is 2. The fourth-order valence-electron chi connectivity index (χ4n) is 7.61. The highest BCUT2D eigenvalue weighted by Crippen LogP contribution is 2.40. The minimum atomic E-state index is -3.87. The molecule has 8 aromatic rings. The lowest BCUT2D eigenvalue weighted by atomic mass is 9.89. The molecule has 2 saturated carbocycles. The van der Waals surface area contributed by atoms with Gasteiger partial charge in [-0.05, 0) is 63.8 Å². The molecule has 0 aromatic carbocycles. The van der Waals surface area contributed by atoms with Crippen LogP contribution >= 0.6 is 30.3 Å². The average Bonchev–Trinajstić information content (AvgIpc) is 4.16. The van der Waals surface area contributed by atoms with E-state index in [4.69, 9.17) is 28.9 Å². The van der Waals surface area contributed by atoms with E-state index in [1.807, 2.05) is 72.0 Å². The van der Waals surface area contributed by atoms with E-state index in [1.165, 1.54) is 54.1 Å². The van der Waals surface area contributed by atoms with Gasteiger partial charge in [0.25, 0.3) is 11.8 Å². The highest BCUT2D eigenvalue weighted by atomic mass is 32.1. The van der Waals surface area contributed by atoms with Gasteiger partial charge in [-0.2, -0.15) is 10.2 Å². The predicted octanol–water partition coefficient (Wildman–Crippen LogP) is 7.21. The molecule has 2 fully saturated rings. The van der Waals surface area contributed by atoms with E-state index in [1.54, 1.807) is 23.2 Å². The van der Waals surface area contributed by atoms with Crippen molar-refractivity contribution in [3.63, 3.8) is 0 Å². The molecule has 24 heteroatoms. The molecular weight excluding hydrogens is 920 g/mol. The third-order valence-corrected chi connectivity index (χ3v) is 13.7. The van der Waals surface area contributed by atoms with Crippen LogP contribution in [0.4, 0.5) is 11.4 Å². The second-order valence-corrected chi connectivity index (χ2v) is 19.3. The number of pyridine rings is 2. The molecule has 0 radical (unpaired) electrons. The van der Waals surface area contributed by atoms with Gasteiger partial charge in [0.05, 0.1) is 89.6 Å². The van der Waals surface area contributed by atoms with Crippen LogP contribution in [0.2, 0.25) is 0 Å². The van der Waals surface area contributed by atoms with E-state index in [0.717, 1.165) is 35.4 Å². The maximum Gasteiger partial charge on any atom is 0.467 e. The molecular formula is C43H43N14O7PS2. The van der Waals surface area contributed by atoms with Crippen molar-refractivity contribution in [2.45, 2.75) is 63.8 Å². The number of rotatable bonds is 18. The van der Waals surface area contributed by atoms with Gasteiger partial charge in [-0.15, -0.1) is 32.9 Å². The first kappa shape index (κ1) is 44.0. The summed E-state index contributed by atoms with van der Waals surface area (Å²) < 4.78 is 40.0. The number of hydrogen-bond acceptors (Lipinski definition) is 17. The number of nitrogens with zero attached hydrogens (tertiary/aromatic N) is 12. The zero-order valence-electron chi connectivity index (χ0n) is 36.3. The summed E-state index contributed by atoms with van der Waals surface area (Å²) in [4.78, 5) is 47.1. The summed E-state index contributed by atoms with van der Waals surface area (Å²) in [6.45, 7) is 6.54. The summed E-state index contributed by atoms with van der Waals surface area (Å²) in [5, 5.41) is 28.1. The fraction of sp³-hybridized carbons (Fsp3) is 0.302. The van der Waals surface area contributed by atoms with E-state index in [-0.39, 0.29) is 35.7 Å². The van der Waals surface area contributed by atoms with Gasteiger partial charge < -0.3 is 29.4 Å². The minimum Gasteiger partial charge on any atom is -0.378 e. The van der Waals surface area contributed by atoms with E-state index in [0.29, 0.717) is 68.5 Å². The second kappa shape index (κ2) is 18.8. The third-order valence-electron chi connectivity index (χ3n) is 11.0. The zero-order valence-corrected chi connectivity index (χ0v) is 38.8. The normalized spacial score (nSPS) is 18.7. The molecule has 10 rings (SSSR count). The highest BCUT2D eigenvalue weighted by Gasteiger charge is 2.34. The van der Waals surface area contributed by atoms with Crippen molar-refractivity contribution in [2.24, 2.45) is 0 Å². The molecule has 2 aliphatic rings. The molecule has 344 valence electrons. The average molecular weight is 963 g/mol. The van der Waals surface area contributed by atoms with Gasteiger partial charge in [0, 0.05) is 48.8 Å². The van der Waals surface area contributed by atoms with Crippen LogP contribution in [0.15, 0.2) is 96.7 Å². The molecule has 2 amide bonds. The van der Waals surface area contributed by atoms with Crippen LogP contribution in [-0.4, -0.2) is 103 Å². The van der Waals surface area contributed by atoms with Gasteiger partial charge in [-0.3, -0.25) is 28.9 Å². The Morgan fingerprint density at radius 3 is 1.54 bits per heavy atom. The Morgan fingerprint density at radius 1 is 0.687 bits per heavy atom. The molecule has 2 aliphatic carbocycles. The molecule has 0 unspecified atom stereocenters. The SMILES string of the molecule is CCOC1CC(n2cc(NC(=O)c3csc(-c4cnn(OP(C)(=O)On5cc(-c6nc(C(=O)Nc7cn(C8CC(OCC)C8)nc7-c7ccccn7)cs6)cn5)c4)n3)c(-c3ccccn3)n2)C1. The molecule has 8 heterocycles. The first-order valence-corrected chi connectivity index (χ1v) is 25.2. The van der Waals surface area contributed by atoms with E-state index in [2.05, 4.69) is 40.8 Å². The summed E-state index contributed by atoms with van der Waals surface area (Å²) in [7, 11) is -3.87. The molecule has 8 aromatic heterocycles. The van der Waals surface area contributed by atoms with Gasteiger partial charge >= 0.3 is 7.60 Å².